The highest BCUT2D eigenvalue weighted by Crippen LogP contribution is 2.16. The zero-order valence-corrected chi connectivity index (χ0v) is 17.5. The van der Waals surface area contributed by atoms with Crippen LogP contribution in [0, 0.1) is 0 Å². The van der Waals surface area contributed by atoms with Crippen LogP contribution in [-0.4, -0.2) is 24.6 Å². The van der Waals surface area contributed by atoms with Gasteiger partial charge in [0.25, 0.3) is 0 Å². The van der Waals surface area contributed by atoms with Crippen molar-refractivity contribution in [1.82, 2.24) is 15.6 Å². The van der Waals surface area contributed by atoms with E-state index in [4.69, 9.17) is 9.47 Å². The van der Waals surface area contributed by atoms with E-state index in [1.54, 1.807) is 13.3 Å². The van der Waals surface area contributed by atoms with Gasteiger partial charge in [0.05, 0.1) is 13.7 Å². The van der Waals surface area contributed by atoms with Gasteiger partial charge >= 0.3 is 0 Å². The van der Waals surface area contributed by atoms with Gasteiger partial charge in [0.2, 0.25) is 5.88 Å². The SMILES string of the molecule is CCNC(=NCc1cccc(OC)c1)NCc1cccnc1OCc1ccccc1. The molecule has 0 spiro atoms. The highest BCUT2D eigenvalue weighted by atomic mass is 16.5. The summed E-state index contributed by atoms with van der Waals surface area (Å²) in [6.07, 6.45) is 1.74. The van der Waals surface area contributed by atoms with Gasteiger partial charge in [-0.1, -0.05) is 48.5 Å². The lowest BCUT2D eigenvalue weighted by Crippen LogP contribution is -2.36. The Bertz CT molecular complexity index is 945. The first-order valence-electron chi connectivity index (χ1n) is 10.0. The summed E-state index contributed by atoms with van der Waals surface area (Å²) in [7, 11) is 1.67. The molecule has 0 unspecified atom stereocenters. The van der Waals surface area contributed by atoms with Crippen LogP contribution in [0.4, 0.5) is 0 Å². The van der Waals surface area contributed by atoms with Crippen LogP contribution in [0.15, 0.2) is 77.9 Å². The quantitative estimate of drug-likeness (QED) is 0.418. The average Bonchev–Trinajstić information content (AvgIpc) is 2.81. The number of guanidine groups is 1. The Balaban J connectivity index is 1.62. The molecule has 0 aliphatic rings. The summed E-state index contributed by atoms with van der Waals surface area (Å²) in [5.41, 5.74) is 3.16. The van der Waals surface area contributed by atoms with Gasteiger partial charge in [0.1, 0.15) is 12.4 Å². The van der Waals surface area contributed by atoms with Crippen molar-refractivity contribution in [1.29, 1.82) is 0 Å². The van der Waals surface area contributed by atoms with Crippen LogP contribution < -0.4 is 20.1 Å². The third-order valence-corrected chi connectivity index (χ3v) is 4.41. The molecule has 1 heterocycles. The first-order valence-corrected chi connectivity index (χ1v) is 10.0. The van der Waals surface area contributed by atoms with Crippen molar-refractivity contribution in [3.8, 4) is 11.6 Å². The zero-order valence-electron chi connectivity index (χ0n) is 17.5. The molecule has 3 rings (SSSR count). The Hall–Kier alpha value is -3.54. The maximum absolute atomic E-state index is 5.94. The van der Waals surface area contributed by atoms with E-state index < -0.39 is 0 Å². The van der Waals surface area contributed by atoms with Gasteiger partial charge in [0, 0.05) is 24.8 Å². The predicted octanol–water partition coefficient (Wildman–Crippen LogP) is 3.92. The van der Waals surface area contributed by atoms with Gasteiger partial charge in [-0.2, -0.15) is 0 Å². The number of benzene rings is 2. The molecule has 6 nitrogen and oxygen atoms in total. The normalized spacial score (nSPS) is 11.1. The minimum atomic E-state index is 0.481. The van der Waals surface area contributed by atoms with Gasteiger partial charge in [-0.25, -0.2) is 9.98 Å². The molecule has 2 aromatic carbocycles. The monoisotopic (exact) mass is 404 g/mol. The smallest absolute Gasteiger partial charge is 0.218 e. The van der Waals surface area contributed by atoms with Gasteiger partial charge in [-0.15, -0.1) is 0 Å². The van der Waals surface area contributed by atoms with E-state index >= 15 is 0 Å². The maximum atomic E-state index is 5.94. The lowest BCUT2D eigenvalue weighted by Gasteiger charge is -2.14. The molecule has 6 heteroatoms. The fourth-order valence-corrected chi connectivity index (χ4v) is 2.88. The number of nitrogens with zero attached hydrogens (tertiary/aromatic N) is 2. The minimum absolute atomic E-state index is 0.481. The Morgan fingerprint density at radius 3 is 2.60 bits per heavy atom. The molecule has 2 N–H and O–H groups in total. The van der Waals surface area contributed by atoms with E-state index in [9.17, 15) is 0 Å². The number of aliphatic imine (C=N–C) groups is 1. The van der Waals surface area contributed by atoms with Crippen molar-refractivity contribution in [3.05, 3.63) is 89.6 Å². The van der Waals surface area contributed by atoms with E-state index in [2.05, 4.69) is 20.6 Å². The molecule has 0 saturated heterocycles. The lowest BCUT2D eigenvalue weighted by atomic mass is 10.2. The Kier molecular flexibility index (Phi) is 8.09. The molecule has 1 aromatic heterocycles. The number of nitrogens with one attached hydrogen (secondary N) is 2. The number of hydrogen-bond donors (Lipinski definition) is 2. The molecular formula is C24H28N4O2. The molecule has 0 aliphatic heterocycles. The first kappa shape index (κ1) is 21.2. The summed E-state index contributed by atoms with van der Waals surface area (Å²) in [6, 6.07) is 21.9. The van der Waals surface area contributed by atoms with Gasteiger partial charge < -0.3 is 20.1 Å². The van der Waals surface area contributed by atoms with Crippen molar-refractivity contribution in [3.63, 3.8) is 0 Å². The predicted molar refractivity (Wildman–Crippen MR) is 120 cm³/mol. The number of aromatic nitrogens is 1. The molecule has 0 saturated carbocycles. The highest BCUT2D eigenvalue weighted by Gasteiger charge is 2.07. The Morgan fingerprint density at radius 2 is 1.80 bits per heavy atom. The number of rotatable bonds is 9. The first-order chi connectivity index (χ1) is 14.8. The van der Waals surface area contributed by atoms with Crippen molar-refractivity contribution >= 4 is 5.96 Å². The molecule has 30 heavy (non-hydrogen) atoms. The van der Waals surface area contributed by atoms with Crippen LogP contribution >= 0.6 is 0 Å². The van der Waals surface area contributed by atoms with Crippen LogP contribution in [0.2, 0.25) is 0 Å². The van der Waals surface area contributed by atoms with Crippen LogP contribution in [0.3, 0.4) is 0 Å². The van der Waals surface area contributed by atoms with E-state index in [1.807, 2.05) is 73.7 Å². The lowest BCUT2D eigenvalue weighted by molar-refractivity contribution is 0.290. The van der Waals surface area contributed by atoms with Gasteiger partial charge in [0.15, 0.2) is 5.96 Å². The minimum Gasteiger partial charge on any atom is -0.497 e. The number of ether oxygens (including phenoxy) is 2. The highest BCUT2D eigenvalue weighted by molar-refractivity contribution is 5.79. The second kappa shape index (κ2) is 11.5. The van der Waals surface area contributed by atoms with Crippen LogP contribution in [0.5, 0.6) is 11.6 Å². The zero-order chi connectivity index (χ0) is 21.0. The standard InChI is InChI=1S/C24H28N4O2/c1-3-25-24(27-16-20-11-7-13-22(15-20)29-2)28-17-21-12-8-14-26-23(21)30-18-19-9-5-4-6-10-19/h4-15H,3,16-18H2,1-2H3,(H2,25,27,28). The van der Waals surface area contributed by atoms with E-state index in [-0.39, 0.29) is 0 Å². The summed E-state index contributed by atoms with van der Waals surface area (Å²) in [4.78, 5) is 9.07. The van der Waals surface area contributed by atoms with Crippen LogP contribution in [0.25, 0.3) is 0 Å². The number of pyridine rings is 1. The van der Waals surface area contributed by atoms with E-state index in [1.165, 1.54) is 0 Å². The molecule has 156 valence electrons. The summed E-state index contributed by atoms with van der Waals surface area (Å²) in [5.74, 6) is 2.19. The van der Waals surface area contributed by atoms with Crippen LogP contribution in [0.1, 0.15) is 23.6 Å². The third-order valence-electron chi connectivity index (χ3n) is 4.41. The second-order valence-electron chi connectivity index (χ2n) is 6.64. The summed E-state index contributed by atoms with van der Waals surface area (Å²) < 4.78 is 11.2. The maximum Gasteiger partial charge on any atom is 0.218 e. The summed E-state index contributed by atoms with van der Waals surface area (Å²) >= 11 is 0. The molecule has 0 amide bonds. The fraction of sp³-hybridized carbons (Fsp3) is 0.250. The third kappa shape index (κ3) is 6.51. The van der Waals surface area contributed by atoms with Crippen molar-refractivity contribution < 1.29 is 9.47 Å². The van der Waals surface area contributed by atoms with Crippen molar-refractivity contribution in [2.45, 2.75) is 26.6 Å². The largest absolute Gasteiger partial charge is 0.497 e. The molecule has 3 aromatic rings. The van der Waals surface area contributed by atoms with Crippen LogP contribution in [-0.2, 0) is 19.7 Å². The summed E-state index contributed by atoms with van der Waals surface area (Å²) in [6.45, 7) is 4.41. The molecule has 0 atom stereocenters. The van der Waals surface area contributed by atoms with E-state index in [0.717, 1.165) is 34.9 Å². The van der Waals surface area contributed by atoms with Crippen molar-refractivity contribution in [2.75, 3.05) is 13.7 Å². The molecular weight excluding hydrogens is 376 g/mol. The molecule has 0 radical (unpaired) electrons. The Morgan fingerprint density at radius 1 is 0.967 bits per heavy atom. The molecule has 0 bridgehead atoms. The molecule has 0 fully saturated rings. The summed E-state index contributed by atoms with van der Waals surface area (Å²) in [5, 5.41) is 6.64. The topological polar surface area (TPSA) is 67.8 Å². The Labute approximate surface area is 178 Å². The number of methoxy groups -OCH3 is 1. The fourth-order valence-electron chi connectivity index (χ4n) is 2.88. The van der Waals surface area contributed by atoms with Gasteiger partial charge in [-0.05, 0) is 36.2 Å². The van der Waals surface area contributed by atoms with Gasteiger partial charge in [-0.3, -0.25) is 0 Å². The van der Waals surface area contributed by atoms with E-state index in [0.29, 0.717) is 25.6 Å². The second-order valence-corrected chi connectivity index (χ2v) is 6.64. The molecule has 0 aliphatic carbocycles. The average molecular weight is 405 g/mol. The number of hydrogen-bond acceptors (Lipinski definition) is 4. The van der Waals surface area contributed by atoms with Crippen molar-refractivity contribution in [2.24, 2.45) is 4.99 Å².